The van der Waals surface area contributed by atoms with Gasteiger partial charge in [0.05, 0.1) is 12.5 Å². The van der Waals surface area contributed by atoms with Crippen LogP contribution in [0.5, 0.6) is 0 Å². The van der Waals surface area contributed by atoms with Gasteiger partial charge >= 0.3 is 0 Å². The lowest BCUT2D eigenvalue weighted by atomic mass is 9.85. The number of imide groups is 1. The third kappa shape index (κ3) is 2.58. The molecule has 0 aromatic carbocycles. The molecule has 1 saturated carbocycles. The van der Waals surface area contributed by atoms with E-state index in [9.17, 15) is 9.59 Å². The molecule has 0 aromatic heterocycles. The Morgan fingerprint density at radius 1 is 1.28 bits per heavy atom. The molecule has 2 fully saturated rings. The summed E-state index contributed by atoms with van der Waals surface area (Å²) in [5.41, 5.74) is 0. The quantitative estimate of drug-likeness (QED) is 0.732. The largest absolute Gasteiger partial charge is 0.305 e. The van der Waals surface area contributed by atoms with Gasteiger partial charge in [0.1, 0.15) is 0 Å². The van der Waals surface area contributed by atoms with Crippen molar-refractivity contribution in [3.8, 4) is 0 Å². The molecule has 0 radical (unpaired) electrons. The summed E-state index contributed by atoms with van der Waals surface area (Å²) in [6.07, 6.45) is 5.88. The predicted molar refractivity (Wildman–Crippen MR) is 70.0 cm³/mol. The highest BCUT2D eigenvalue weighted by Gasteiger charge is 2.41. The van der Waals surface area contributed by atoms with E-state index in [0.717, 1.165) is 25.3 Å². The van der Waals surface area contributed by atoms with Gasteiger partial charge in [-0.3, -0.25) is 14.5 Å². The Labute approximate surface area is 109 Å². The Balaban J connectivity index is 1.90. The molecule has 0 aromatic rings. The zero-order valence-electron chi connectivity index (χ0n) is 11.4. The van der Waals surface area contributed by atoms with E-state index < -0.39 is 0 Å². The summed E-state index contributed by atoms with van der Waals surface area (Å²) < 4.78 is 0. The fourth-order valence-corrected chi connectivity index (χ4v) is 2.85. The number of nitrogens with zero attached hydrogens (tertiary/aromatic N) is 1. The van der Waals surface area contributed by atoms with Crippen molar-refractivity contribution in [1.29, 1.82) is 0 Å². The fourth-order valence-electron chi connectivity index (χ4n) is 2.85. The van der Waals surface area contributed by atoms with Crippen LogP contribution in [0.4, 0.5) is 0 Å². The van der Waals surface area contributed by atoms with E-state index >= 15 is 0 Å². The first-order valence-corrected chi connectivity index (χ1v) is 7.26. The number of nitrogens with one attached hydrogen (secondary N) is 1. The third-order valence-electron chi connectivity index (χ3n) is 4.37. The highest BCUT2D eigenvalue weighted by Crippen LogP contribution is 2.26. The van der Waals surface area contributed by atoms with Gasteiger partial charge in [0.2, 0.25) is 11.8 Å². The Morgan fingerprint density at radius 3 is 2.44 bits per heavy atom. The molecule has 1 atom stereocenters. The van der Waals surface area contributed by atoms with Crippen LogP contribution in [0.2, 0.25) is 0 Å². The zero-order valence-corrected chi connectivity index (χ0v) is 11.4. The molecule has 1 aliphatic heterocycles. The number of hydrogen-bond donors (Lipinski definition) is 1. The summed E-state index contributed by atoms with van der Waals surface area (Å²) in [5.74, 6) is 0.711. The average Bonchev–Trinajstić information content (AvgIpc) is 2.56. The van der Waals surface area contributed by atoms with Crippen LogP contribution < -0.4 is 5.32 Å². The second-order valence-corrected chi connectivity index (χ2v) is 5.53. The number of hydrogen-bond acceptors (Lipinski definition) is 3. The van der Waals surface area contributed by atoms with Gasteiger partial charge in [-0.1, -0.05) is 20.3 Å². The molecule has 1 N–H and O–H groups in total. The van der Waals surface area contributed by atoms with Gasteiger partial charge in [0.15, 0.2) is 0 Å². The number of carbonyl (C=O) groups is 2. The van der Waals surface area contributed by atoms with Crippen LogP contribution in [0.15, 0.2) is 0 Å². The summed E-state index contributed by atoms with van der Waals surface area (Å²) in [4.78, 5) is 25.7. The molecule has 0 spiro atoms. The Morgan fingerprint density at radius 2 is 1.94 bits per heavy atom. The molecule has 4 nitrogen and oxygen atoms in total. The van der Waals surface area contributed by atoms with Crippen molar-refractivity contribution in [1.82, 2.24) is 10.2 Å². The van der Waals surface area contributed by atoms with E-state index in [-0.39, 0.29) is 23.9 Å². The molecule has 1 saturated heterocycles. The minimum absolute atomic E-state index is 0.000176. The molecule has 2 amide bonds. The second-order valence-electron chi connectivity index (χ2n) is 5.53. The Bertz CT molecular complexity index is 322. The van der Waals surface area contributed by atoms with E-state index in [1.165, 1.54) is 24.2 Å². The van der Waals surface area contributed by atoms with Gasteiger partial charge in [-0.05, 0) is 38.1 Å². The molecule has 2 aliphatic rings. The second kappa shape index (κ2) is 5.83. The average molecular weight is 252 g/mol. The van der Waals surface area contributed by atoms with E-state index in [1.54, 1.807) is 0 Å². The monoisotopic (exact) mass is 252 g/mol. The lowest BCUT2D eigenvalue weighted by molar-refractivity contribution is -0.141. The van der Waals surface area contributed by atoms with Crippen molar-refractivity contribution >= 4 is 11.8 Å². The molecule has 4 heteroatoms. The lowest BCUT2D eigenvalue weighted by Crippen LogP contribution is -2.45. The summed E-state index contributed by atoms with van der Waals surface area (Å²) in [6.45, 7) is 4.95. The number of rotatable bonds is 6. The van der Waals surface area contributed by atoms with Gasteiger partial charge in [-0.2, -0.15) is 0 Å². The minimum Gasteiger partial charge on any atom is -0.305 e. The predicted octanol–water partition coefficient (Wildman–Crippen LogP) is 1.69. The zero-order chi connectivity index (χ0) is 13.1. The molecule has 18 heavy (non-hydrogen) atoms. The summed E-state index contributed by atoms with van der Waals surface area (Å²) >= 11 is 0. The van der Waals surface area contributed by atoms with E-state index in [4.69, 9.17) is 0 Å². The lowest BCUT2D eigenvalue weighted by Gasteiger charge is -2.27. The number of likely N-dealkylation sites (tertiary alicyclic amines) is 1. The fraction of sp³-hybridized carbons (Fsp3) is 0.857. The van der Waals surface area contributed by atoms with Gasteiger partial charge < -0.3 is 5.32 Å². The van der Waals surface area contributed by atoms with Gasteiger partial charge in [0, 0.05) is 6.04 Å². The molecular formula is C14H24N2O2. The van der Waals surface area contributed by atoms with Crippen molar-refractivity contribution in [2.45, 2.75) is 64.5 Å². The van der Waals surface area contributed by atoms with Crippen molar-refractivity contribution in [2.24, 2.45) is 5.92 Å². The van der Waals surface area contributed by atoms with Gasteiger partial charge in [0.25, 0.3) is 0 Å². The maximum absolute atomic E-state index is 12.2. The maximum atomic E-state index is 12.2. The number of carbonyl (C=O) groups excluding carboxylic acids is 2. The number of amides is 2. The van der Waals surface area contributed by atoms with Crippen LogP contribution in [0.3, 0.4) is 0 Å². The topological polar surface area (TPSA) is 49.4 Å². The standard InChI is InChI=1S/C14H24N2O2/c1-3-11(4-2)16-13(17)8-12(14(16)18)15-9-10-6-5-7-10/h10-12,15H,3-9H2,1-2H3. The maximum Gasteiger partial charge on any atom is 0.247 e. The highest BCUT2D eigenvalue weighted by atomic mass is 16.2. The third-order valence-corrected chi connectivity index (χ3v) is 4.37. The molecule has 102 valence electrons. The van der Waals surface area contributed by atoms with E-state index in [1.807, 2.05) is 13.8 Å². The summed E-state index contributed by atoms with van der Waals surface area (Å²) in [7, 11) is 0. The van der Waals surface area contributed by atoms with Gasteiger partial charge in [-0.15, -0.1) is 0 Å². The van der Waals surface area contributed by atoms with Crippen LogP contribution >= 0.6 is 0 Å². The van der Waals surface area contributed by atoms with E-state index in [2.05, 4.69) is 5.32 Å². The molecule has 1 aliphatic carbocycles. The molecule has 1 unspecified atom stereocenters. The minimum atomic E-state index is -0.265. The van der Waals surface area contributed by atoms with E-state index in [0.29, 0.717) is 6.42 Å². The SMILES string of the molecule is CCC(CC)N1C(=O)CC(NCC2CCC2)C1=O. The first kappa shape index (κ1) is 13.5. The highest BCUT2D eigenvalue weighted by molar-refractivity contribution is 6.05. The first-order valence-electron chi connectivity index (χ1n) is 7.26. The van der Waals surface area contributed by atoms with Crippen molar-refractivity contribution in [2.75, 3.05) is 6.54 Å². The van der Waals surface area contributed by atoms with Crippen molar-refractivity contribution in [3.63, 3.8) is 0 Å². The van der Waals surface area contributed by atoms with Crippen LogP contribution in [-0.2, 0) is 9.59 Å². The van der Waals surface area contributed by atoms with Gasteiger partial charge in [-0.25, -0.2) is 0 Å². The molecule has 0 bridgehead atoms. The normalized spacial score (nSPS) is 25.1. The molecule has 2 rings (SSSR count). The first-order chi connectivity index (χ1) is 8.67. The smallest absolute Gasteiger partial charge is 0.247 e. The summed E-state index contributed by atoms with van der Waals surface area (Å²) in [5, 5.41) is 3.28. The van der Waals surface area contributed by atoms with Crippen LogP contribution in [0, 0.1) is 5.92 Å². The molecular weight excluding hydrogens is 228 g/mol. The van der Waals surface area contributed by atoms with Crippen LogP contribution in [0.25, 0.3) is 0 Å². The van der Waals surface area contributed by atoms with Crippen molar-refractivity contribution < 1.29 is 9.59 Å². The molecule has 1 heterocycles. The Kier molecular flexibility index (Phi) is 4.38. The van der Waals surface area contributed by atoms with Crippen molar-refractivity contribution in [3.05, 3.63) is 0 Å². The van der Waals surface area contributed by atoms with Crippen LogP contribution in [0.1, 0.15) is 52.4 Å². The summed E-state index contributed by atoms with van der Waals surface area (Å²) in [6, 6.07) is -0.181. The van der Waals surface area contributed by atoms with Crippen LogP contribution in [-0.4, -0.2) is 35.3 Å². The Hall–Kier alpha value is -0.900.